The molecule has 2 heterocycles. The van der Waals surface area contributed by atoms with Gasteiger partial charge in [0.25, 0.3) is 0 Å². The van der Waals surface area contributed by atoms with Crippen LogP contribution in [0.1, 0.15) is 72.7 Å². The summed E-state index contributed by atoms with van der Waals surface area (Å²) >= 11 is 0. The molecule has 48 heavy (non-hydrogen) atoms. The number of tetrazole rings is 1. The number of aryl methyl sites for hydroxylation is 1. The molecule has 9 nitrogen and oxygen atoms in total. The number of carbonyl (C=O) groups is 1. The van der Waals surface area contributed by atoms with Gasteiger partial charge in [-0.1, -0.05) is 104 Å². The quantitative estimate of drug-likeness (QED) is 0.0926. The first-order valence-electron chi connectivity index (χ1n) is 16.4. The number of carbonyl (C=O) groups excluding carboxylic acids is 1. The van der Waals surface area contributed by atoms with Crippen molar-refractivity contribution in [3.8, 4) is 22.5 Å². The molecule has 0 aliphatic rings. The van der Waals surface area contributed by atoms with Crippen LogP contribution < -0.4 is 0 Å². The van der Waals surface area contributed by atoms with E-state index in [-0.39, 0.29) is 12.2 Å². The Bertz CT molecular complexity index is 2030. The van der Waals surface area contributed by atoms with Crippen molar-refractivity contribution in [2.24, 2.45) is 0 Å². The van der Waals surface area contributed by atoms with Crippen molar-refractivity contribution in [3.63, 3.8) is 0 Å². The third-order valence-electron chi connectivity index (χ3n) is 8.43. The van der Waals surface area contributed by atoms with Crippen LogP contribution in [0.4, 0.5) is 0 Å². The van der Waals surface area contributed by atoms with Crippen molar-refractivity contribution in [2.75, 3.05) is 13.7 Å². The Morgan fingerprint density at radius 3 is 2.40 bits per heavy atom. The van der Waals surface area contributed by atoms with Crippen LogP contribution in [0.3, 0.4) is 0 Å². The highest BCUT2D eigenvalue weighted by Gasteiger charge is 2.20. The van der Waals surface area contributed by atoms with Gasteiger partial charge in [0.2, 0.25) is 0 Å². The number of ether oxygens (including phenoxy) is 2. The van der Waals surface area contributed by atoms with Crippen molar-refractivity contribution in [1.82, 2.24) is 29.8 Å². The van der Waals surface area contributed by atoms with E-state index in [0.29, 0.717) is 24.5 Å². The van der Waals surface area contributed by atoms with Crippen LogP contribution in [-0.2, 0) is 22.4 Å². The molecule has 0 saturated heterocycles. The van der Waals surface area contributed by atoms with Gasteiger partial charge >= 0.3 is 5.97 Å². The number of unbranched alkanes of at least 4 members (excludes halogenated alkanes) is 1. The van der Waals surface area contributed by atoms with Crippen LogP contribution in [0.15, 0.2) is 91.0 Å². The van der Waals surface area contributed by atoms with Crippen molar-refractivity contribution in [2.45, 2.75) is 52.8 Å². The number of hydrogen-bond donors (Lipinski definition) is 0. The van der Waals surface area contributed by atoms with Gasteiger partial charge in [-0.05, 0) is 70.6 Å². The van der Waals surface area contributed by atoms with Crippen LogP contribution >= 0.6 is 0 Å². The van der Waals surface area contributed by atoms with Crippen LogP contribution in [0.25, 0.3) is 45.7 Å². The number of methoxy groups -OCH3 is 1. The minimum Gasteiger partial charge on any atom is -0.465 e. The van der Waals surface area contributed by atoms with Gasteiger partial charge in [-0.15, -0.1) is 5.10 Å². The van der Waals surface area contributed by atoms with Crippen LogP contribution in [0, 0.1) is 0 Å². The monoisotopic (exact) mass is 640 g/mol. The van der Waals surface area contributed by atoms with Gasteiger partial charge in [-0.3, -0.25) is 0 Å². The number of esters is 1. The van der Waals surface area contributed by atoms with Crippen molar-refractivity contribution in [3.05, 3.63) is 119 Å². The van der Waals surface area contributed by atoms with Gasteiger partial charge in [0, 0.05) is 25.1 Å². The lowest BCUT2D eigenvalue weighted by Gasteiger charge is -2.15. The topological polar surface area (TPSA) is 97.0 Å². The summed E-state index contributed by atoms with van der Waals surface area (Å²) in [5.41, 5.74) is 8.25. The summed E-state index contributed by atoms with van der Waals surface area (Å²) in [6, 6.07) is 30.7. The third-order valence-corrected chi connectivity index (χ3v) is 8.43. The number of nitrogens with zero attached hydrogens (tertiary/aromatic N) is 6. The summed E-state index contributed by atoms with van der Waals surface area (Å²) < 4.78 is 14.9. The summed E-state index contributed by atoms with van der Waals surface area (Å²) in [4.78, 5) is 17.9. The summed E-state index contributed by atoms with van der Waals surface area (Å²) in [5.74, 6) is 1.27. The Balaban J connectivity index is 1.36. The predicted octanol–water partition coefficient (Wildman–Crippen LogP) is 8.26. The molecule has 0 aliphatic carbocycles. The lowest BCUT2D eigenvalue weighted by Crippen LogP contribution is -2.12. The molecule has 0 amide bonds. The summed E-state index contributed by atoms with van der Waals surface area (Å²) in [5, 5.41) is 12.5. The molecule has 0 saturated carbocycles. The third kappa shape index (κ3) is 6.96. The van der Waals surface area contributed by atoms with Gasteiger partial charge in [0.05, 0.1) is 23.7 Å². The minimum atomic E-state index is -0.383. The second-order valence-electron chi connectivity index (χ2n) is 11.6. The Morgan fingerprint density at radius 1 is 0.917 bits per heavy atom. The number of benzene rings is 4. The SMILES string of the molecule is CCCCc1nc2cc(C(=O)OC)c(C=Cc3ccccc3)cc2n1Cc1ccc(-c2ccccc2-c2nnnn2C(C)OCC)cc1. The Hall–Kier alpha value is -5.41. The first-order chi connectivity index (χ1) is 23.5. The van der Waals surface area contributed by atoms with E-state index >= 15 is 0 Å². The molecule has 0 fully saturated rings. The van der Waals surface area contributed by atoms with Gasteiger partial charge < -0.3 is 14.0 Å². The molecule has 0 N–H and O–H groups in total. The molecular weight excluding hydrogens is 600 g/mol. The fraction of sp³-hybridized carbons (Fsp3) is 0.256. The Kier molecular flexibility index (Phi) is 10.2. The normalized spacial score (nSPS) is 12.2. The van der Waals surface area contributed by atoms with E-state index in [4.69, 9.17) is 14.5 Å². The standard InChI is InChI=1S/C39H40N6O3/c1-5-7-17-37-40-35-25-34(39(46)47-4)31(23-18-28-13-9-8-10-14-28)24-36(35)44(37)26-29-19-21-30(22-20-29)32-15-11-12-16-33(32)38-41-42-43-45(38)27(3)48-6-2/h8-16,18-25,27H,5-7,17,26H2,1-4H3. The average molecular weight is 641 g/mol. The maximum atomic E-state index is 12.9. The van der Waals surface area contributed by atoms with Crippen molar-refractivity contribution < 1.29 is 14.3 Å². The largest absolute Gasteiger partial charge is 0.465 e. The molecule has 0 spiro atoms. The predicted molar refractivity (Wildman–Crippen MR) is 189 cm³/mol. The van der Waals surface area contributed by atoms with Crippen LogP contribution in [0.5, 0.6) is 0 Å². The first-order valence-corrected chi connectivity index (χ1v) is 16.4. The fourth-order valence-electron chi connectivity index (χ4n) is 5.94. The summed E-state index contributed by atoms with van der Waals surface area (Å²) in [6.45, 7) is 7.28. The van der Waals surface area contributed by atoms with E-state index in [1.165, 1.54) is 7.11 Å². The fourth-order valence-corrected chi connectivity index (χ4v) is 5.94. The lowest BCUT2D eigenvalue weighted by atomic mass is 9.98. The molecule has 0 aliphatic heterocycles. The van der Waals surface area contributed by atoms with Crippen molar-refractivity contribution >= 4 is 29.2 Å². The minimum absolute atomic E-state index is 0.291. The number of aromatic nitrogens is 6. The zero-order valence-corrected chi connectivity index (χ0v) is 27.8. The summed E-state index contributed by atoms with van der Waals surface area (Å²) in [7, 11) is 1.41. The molecule has 6 aromatic rings. The first kappa shape index (κ1) is 32.5. The maximum absolute atomic E-state index is 12.9. The van der Waals surface area contributed by atoms with E-state index in [1.807, 2.05) is 80.6 Å². The van der Waals surface area contributed by atoms with Gasteiger partial charge in [0.15, 0.2) is 12.1 Å². The molecule has 0 bridgehead atoms. The van der Waals surface area contributed by atoms with Crippen LogP contribution in [-0.4, -0.2) is 49.4 Å². The number of rotatable bonds is 13. The zero-order valence-electron chi connectivity index (χ0n) is 27.8. The zero-order chi connectivity index (χ0) is 33.5. The molecule has 1 unspecified atom stereocenters. The smallest absolute Gasteiger partial charge is 0.338 e. The number of hydrogen-bond acceptors (Lipinski definition) is 7. The molecule has 9 heteroatoms. The van der Waals surface area contributed by atoms with E-state index in [1.54, 1.807) is 4.68 Å². The molecule has 2 aromatic heterocycles. The molecule has 6 rings (SSSR count). The highest BCUT2D eigenvalue weighted by molar-refractivity contribution is 5.99. The van der Waals surface area contributed by atoms with Crippen molar-refractivity contribution in [1.29, 1.82) is 0 Å². The maximum Gasteiger partial charge on any atom is 0.338 e. The van der Waals surface area contributed by atoms with Crippen LogP contribution in [0.2, 0.25) is 0 Å². The number of imidazole rings is 1. The van der Waals surface area contributed by atoms with Gasteiger partial charge in [-0.25, -0.2) is 9.78 Å². The van der Waals surface area contributed by atoms with Gasteiger partial charge in [-0.2, -0.15) is 4.68 Å². The second-order valence-corrected chi connectivity index (χ2v) is 11.6. The van der Waals surface area contributed by atoms with E-state index in [2.05, 4.69) is 63.4 Å². The Labute approximate surface area is 280 Å². The average Bonchev–Trinajstić information content (AvgIpc) is 3.75. The lowest BCUT2D eigenvalue weighted by molar-refractivity contribution is 0.0159. The molecular formula is C39H40N6O3. The molecule has 1 atom stereocenters. The highest BCUT2D eigenvalue weighted by Crippen LogP contribution is 2.32. The molecule has 4 aromatic carbocycles. The van der Waals surface area contributed by atoms with E-state index in [9.17, 15) is 4.79 Å². The molecule has 0 radical (unpaired) electrons. The van der Waals surface area contributed by atoms with E-state index < -0.39 is 0 Å². The second kappa shape index (κ2) is 15.0. The summed E-state index contributed by atoms with van der Waals surface area (Å²) in [6.07, 6.45) is 6.61. The highest BCUT2D eigenvalue weighted by atomic mass is 16.5. The molecule has 244 valence electrons. The van der Waals surface area contributed by atoms with Gasteiger partial charge in [0.1, 0.15) is 5.82 Å². The Morgan fingerprint density at radius 2 is 1.67 bits per heavy atom. The van der Waals surface area contributed by atoms with E-state index in [0.717, 1.165) is 69.5 Å². The number of fused-ring (bicyclic) bond motifs is 1.